The Kier molecular flexibility index (Phi) is 8.22. The van der Waals surface area contributed by atoms with Gasteiger partial charge in [-0.05, 0) is 6.92 Å². The monoisotopic (exact) mass is 184 g/mol. The second-order valence-corrected chi connectivity index (χ2v) is 3.06. The maximum absolute atomic E-state index is 5.04. The Labute approximate surface area is 78.5 Å². The van der Waals surface area contributed by atoms with Crippen LogP contribution in [0.15, 0.2) is 30.3 Å². The smallest absolute Gasteiger partial charge is 0.0200 e. The maximum Gasteiger partial charge on any atom is 0.0200 e. The van der Waals surface area contributed by atoms with Crippen molar-refractivity contribution in [3.05, 3.63) is 35.9 Å². The molecule has 12 heavy (non-hydrogen) atoms. The summed E-state index contributed by atoms with van der Waals surface area (Å²) in [6, 6.07) is 10.3. The van der Waals surface area contributed by atoms with Crippen molar-refractivity contribution in [3.63, 3.8) is 0 Å². The molecule has 0 aliphatic heterocycles. The van der Waals surface area contributed by atoms with Gasteiger partial charge in [-0.3, -0.25) is 5.14 Å². The van der Waals surface area contributed by atoms with Crippen LogP contribution >= 0.6 is 11.9 Å². The molecule has 0 amide bonds. The van der Waals surface area contributed by atoms with E-state index in [9.17, 15) is 0 Å². The van der Waals surface area contributed by atoms with Gasteiger partial charge in [0.25, 0.3) is 0 Å². The molecule has 0 bridgehead atoms. The molecule has 3 heteroatoms. The van der Waals surface area contributed by atoms with Crippen LogP contribution in [0.4, 0.5) is 0 Å². The zero-order valence-electron chi connectivity index (χ0n) is 7.36. The number of nitrogens with two attached hydrogens (primary N) is 2. The van der Waals surface area contributed by atoms with Gasteiger partial charge in [0.15, 0.2) is 0 Å². The van der Waals surface area contributed by atoms with Crippen molar-refractivity contribution in [2.45, 2.75) is 6.92 Å². The van der Waals surface area contributed by atoms with Crippen molar-refractivity contribution in [2.75, 3.05) is 12.3 Å². The Morgan fingerprint density at radius 1 is 1.25 bits per heavy atom. The first-order chi connectivity index (χ1) is 5.81. The lowest BCUT2D eigenvalue weighted by atomic mass is 10.2. The van der Waals surface area contributed by atoms with Crippen molar-refractivity contribution >= 4 is 11.9 Å². The van der Waals surface area contributed by atoms with Crippen LogP contribution in [0.2, 0.25) is 0 Å². The number of rotatable bonds is 2. The summed E-state index contributed by atoms with van der Waals surface area (Å²) in [4.78, 5) is 0. The maximum atomic E-state index is 5.04. The van der Waals surface area contributed by atoms with E-state index in [1.165, 1.54) is 17.5 Å². The highest BCUT2D eigenvalue weighted by Crippen LogP contribution is 1.92. The zero-order valence-corrected chi connectivity index (χ0v) is 8.18. The summed E-state index contributed by atoms with van der Waals surface area (Å²) < 4.78 is 0. The summed E-state index contributed by atoms with van der Waals surface area (Å²) >= 11 is 1.28. The zero-order chi connectivity index (χ0) is 9.23. The van der Waals surface area contributed by atoms with Gasteiger partial charge < -0.3 is 5.73 Å². The first-order valence-corrected chi connectivity index (χ1v) is 4.89. The molecule has 0 atom stereocenters. The Morgan fingerprint density at radius 3 is 2.00 bits per heavy atom. The van der Waals surface area contributed by atoms with Gasteiger partial charge >= 0.3 is 0 Å². The Morgan fingerprint density at radius 2 is 1.83 bits per heavy atom. The van der Waals surface area contributed by atoms with E-state index in [4.69, 9.17) is 10.9 Å². The highest BCUT2D eigenvalue weighted by atomic mass is 32.2. The third-order valence-electron chi connectivity index (χ3n) is 1.18. The van der Waals surface area contributed by atoms with Gasteiger partial charge in [0.2, 0.25) is 0 Å². The van der Waals surface area contributed by atoms with E-state index in [0.29, 0.717) is 6.54 Å². The minimum atomic E-state index is 0.682. The van der Waals surface area contributed by atoms with E-state index in [0.717, 1.165) is 5.75 Å². The van der Waals surface area contributed by atoms with Crippen molar-refractivity contribution in [1.29, 1.82) is 0 Å². The van der Waals surface area contributed by atoms with E-state index in [1.54, 1.807) is 0 Å². The van der Waals surface area contributed by atoms with Gasteiger partial charge in [-0.2, -0.15) is 0 Å². The van der Waals surface area contributed by atoms with Gasteiger partial charge in [-0.1, -0.05) is 47.8 Å². The molecule has 0 saturated carbocycles. The number of aryl methyl sites for hydroxylation is 1. The van der Waals surface area contributed by atoms with Gasteiger partial charge in [0, 0.05) is 12.3 Å². The van der Waals surface area contributed by atoms with E-state index in [2.05, 4.69) is 19.1 Å². The normalized spacial score (nSPS) is 8.58. The molecule has 0 unspecified atom stereocenters. The molecule has 0 heterocycles. The fourth-order valence-corrected chi connectivity index (χ4v) is 0.739. The Balaban J connectivity index is 0.000000217. The number of benzene rings is 1. The van der Waals surface area contributed by atoms with Gasteiger partial charge in [0.05, 0.1) is 0 Å². The van der Waals surface area contributed by atoms with Crippen LogP contribution in [0.3, 0.4) is 0 Å². The molecule has 0 aromatic heterocycles. The SMILES string of the molecule is Cc1ccccc1.NCCSN. The molecule has 2 nitrogen and oxygen atoms in total. The molecule has 1 aromatic carbocycles. The minimum Gasteiger partial charge on any atom is -0.330 e. The van der Waals surface area contributed by atoms with Crippen molar-refractivity contribution in [3.8, 4) is 0 Å². The van der Waals surface area contributed by atoms with E-state index >= 15 is 0 Å². The van der Waals surface area contributed by atoms with Crippen LogP contribution < -0.4 is 10.9 Å². The van der Waals surface area contributed by atoms with Crippen molar-refractivity contribution < 1.29 is 0 Å². The van der Waals surface area contributed by atoms with Gasteiger partial charge in [0.1, 0.15) is 0 Å². The molecule has 1 aromatic rings. The van der Waals surface area contributed by atoms with Crippen molar-refractivity contribution in [2.24, 2.45) is 10.9 Å². The summed E-state index contributed by atoms with van der Waals surface area (Å²) in [7, 11) is 0. The average Bonchev–Trinajstić information content (AvgIpc) is 2.08. The minimum absolute atomic E-state index is 0.682. The largest absolute Gasteiger partial charge is 0.330 e. The molecule has 0 fully saturated rings. The molecule has 1 rings (SSSR count). The second-order valence-electron chi connectivity index (χ2n) is 2.31. The van der Waals surface area contributed by atoms with E-state index in [1.807, 2.05) is 18.2 Å². The molecule has 68 valence electrons. The molecular weight excluding hydrogens is 168 g/mol. The first-order valence-electron chi connectivity index (χ1n) is 3.84. The fourth-order valence-electron chi connectivity index (χ4n) is 0.602. The lowest BCUT2D eigenvalue weighted by molar-refractivity contribution is 1.15. The van der Waals surface area contributed by atoms with Gasteiger partial charge in [-0.15, -0.1) is 0 Å². The van der Waals surface area contributed by atoms with Gasteiger partial charge in [-0.25, -0.2) is 0 Å². The quantitative estimate of drug-likeness (QED) is 0.686. The average molecular weight is 184 g/mol. The summed E-state index contributed by atoms with van der Waals surface area (Å²) in [5, 5.41) is 4.98. The van der Waals surface area contributed by atoms with Crippen LogP contribution in [-0.2, 0) is 0 Å². The van der Waals surface area contributed by atoms with E-state index in [-0.39, 0.29) is 0 Å². The van der Waals surface area contributed by atoms with Crippen LogP contribution in [0.5, 0.6) is 0 Å². The summed E-state index contributed by atoms with van der Waals surface area (Å²) in [6.07, 6.45) is 0. The number of hydrogen-bond donors (Lipinski definition) is 2. The van der Waals surface area contributed by atoms with Crippen LogP contribution in [0.1, 0.15) is 5.56 Å². The third-order valence-corrected chi connectivity index (χ3v) is 1.65. The van der Waals surface area contributed by atoms with Crippen LogP contribution in [0.25, 0.3) is 0 Å². The lowest BCUT2D eigenvalue weighted by Gasteiger charge is -1.82. The highest BCUT2D eigenvalue weighted by Gasteiger charge is 1.72. The number of hydrogen-bond acceptors (Lipinski definition) is 3. The molecule has 0 spiro atoms. The Hall–Kier alpha value is -0.510. The molecule has 0 saturated heterocycles. The topological polar surface area (TPSA) is 52.0 Å². The predicted octanol–water partition coefficient (Wildman–Crippen LogP) is 1.55. The predicted molar refractivity (Wildman–Crippen MR) is 56.9 cm³/mol. The Bertz CT molecular complexity index is 175. The molecule has 0 aliphatic rings. The summed E-state index contributed by atoms with van der Waals surface area (Å²) in [5.74, 6) is 0.861. The summed E-state index contributed by atoms with van der Waals surface area (Å²) in [6.45, 7) is 2.77. The van der Waals surface area contributed by atoms with Crippen molar-refractivity contribution in [1.82, 2.24) is 0 Å². The lowest BCUT2D eigenvalue weighted by Crippen LogP contribution is -2.02. The van der Waals surface area contributed by atoms with Crippen LogP contribution in [-0.4, -0.2) is 12.3 Å². The third kappa shape index (κ3) is 7.60. The molecular formula is C9H16N2S. The first kappa shape index (κ1) is 11.5. The summed E-state index contributed by atoms with van der Waals surface area (Å²) in [5.41, 5.74) is 6.36. The fraction of sp³-hybridized carbons (Fsp3) is 0.333. The molecule has 0 aliphatic carbocycles. The van der Waals surface area contributed by atoms with Crippen LogP contribution in [0, 0.1) is 6.92 Å². The molecule has 0 radical (unpaired) electrons. The molecule has 4 N–H and O–H groups in total. The second kappa shape index (κ2) is 8.59. The standard InChI is InChI=1S/C7H8.C2H8N2S/c1-7-5-3-2-4-6-7;3-1-2-5-4/h2-6H,1H3;1-4H2. The van der Waals surface area contributed by atoms with E-state index < -0.39 is 0 Å². The highest BCUT2D eigenvalue weighted by molar-refractivity contribution is 7.97.